The third kappa shape index (κ3) is 3.89. The van der Waals surface area contributed by atoms with E-state index in [0.717, 1.165) is 10.5 Å². The summed E-state index contributed by atoms with van der Waals surface area (Å²) in [5, 5.41) is 14.7. The van der Waals surface area contributed by atoms with Gasteiger partial charge in [-0.05, 0) is 47.5 Å². The number of fused-ring (bicyclic) bond motifs is 1. The van der Waals surface area contributed by atoms with Crippen LogP contribution in [0.4, 0.5) is 0 Å². The minimum Gasteiger partial charge on any atom is -0.508 e. The number of nitrogens with one attached hydrogen (secondary N) is 1. The zero-order chi connectivity index (χ0) is 16.9. The summed E-state index contributed by atoms with van der Waals surface area (Å²) >= 11 is 1.45. The monoisotopic (exact) mass is 337 g/mol. The highest BCUT2D eigenvalue weighted by Crippen LogP contribution is 2.25. The number of amides is 1. The average Bonchev–Trinajstić information content (AvgIpc) is 2.60. The summed E-state index contributed by atoms with van der Waals surface area (Å²) < 4.78 is 0. The molecule has 1 amide bonds. The number of phenols is 1. The molecule has 0 saturated heterocycles. The highest BCUT2D eigenvalue weighted by atomic mass is 32.2. The Bertz CT molecular complexity index is 840. The van der Waals surface area contributed by atoms with Crippen molar-refractivity contribution in [3.05, 3.63) is 72.3 Å². The van der Waals surface area contributed by atoms with Crippen LogP contribution in [0.15, 0.2) is 71.6 Å². The molecule has 0 aliphatic carbocycles. The molecular formula is C20H19NO2S. The van der Waals surface area contributed by atoms with Gasteiger partial charge in [0.1, 0.15) is 5.75 Å². The van der Waals surface area contributed by atoms with Gasteiger partial charge in [-0.3, -0.25) is 4.79 Å². The Labute approximate surface area is 145 Å². The maximum absolute atomic E-state index is 12.2. The van der Waals surface area contributed by atoms with E-state index in [1.807, 2.05) is 25.1 Å². The van der Waals surface area contributed by atoms with Gasteiger partial charge in [0.25, 0.3) is 0 Å². The lowest BCUT2D eigenvalue weighted by molar-refractivity contribution is -0.119. The van der Waals surface area contributed by atoms with Crippen LogP contribution in [0.2, 0.25) is 0 Å². The van der Waals surface area contributed by atoms with Crippen molar-refractivity contribution < 1.29 is 9.90 Å². The maximum Gasteiger partial charge on any atom is 0.230 e. The summed E-state index contributed by atoms with van der Waals surface area (Å²) in [5.41, 5.74) is 1.12. The van der Waals surface area contributed by atoms with Crippen molar-refractivity contribution in [2.75, 3.05) is 5.75 Å². The molecule has 122 valence electrons. The number of hydrogen-bond acceptors (Lipinski definition) is 3. The predicted molar refractivity (Wildman–Crippen MR) is 99.3 cm³/mol. The molecule has 1 unspecified atom stereocenters. The van der Waals surface area contributed by atoms with E-state index in [4.69, 9.17) is 0 Å². The minimum absolute atomic E-state index is 0.00601. The van der Waals surface area contributed by atoms with Gasteiger partial charge in [-0.2, -0.15) is 0 Å². The first-order valence-electron chi connectivity index (χ1n) is 7.82. The summed E-state index contributed by atoms with van der Waals surface area (Å²) in [6.45, 7) is 2.00. The van der Waals surface area contributed by atoms with Gasteiger partial charge in [0.05, 0.1) is 11.8 Å². The SMILES string of the molecule is CC(NC(=O)CSc1ccc(O)cc1)c1cccc2ccccc12. The van der Waals surface area contributed by atoms with E-state index < -0.39 is 0 Å². The van der Waals surface area contributed by atoms with Crippen LogP contribution in [-0.2, 0) is 4.79 Å². The fourth-order valence-electron chi connectivity index (χ4n) is 2.68. The number of rotatable bonds is 5. The van der Waals surface area contributed by atoms with Crippen molar-refractivity contribution in [3.63, 3.8) is 0 Å². The Hall–Kier alpha value is -2.46. The third-order valence-corrected chi connectivity index (χ3v) is 4.89. The van der Waals surface area contributed by atoms with Crippen molar-refractivity contribution in [1.82, 2.24) is 5.32 Å². The Balaban J connectivity index is 1.64. The molecule has 3 nitrogen and oxygen atoms in total. The number of thioether (sulfide) groups is 1. The number of benzene rings is 3. The molecule has 3 aromatic carbocycles. The van der Waals surface area contributed by atoms with Crippen LogP contribution in [0.5, 0.6) is 5.75 Å². The second-order valence-electron chi connectivity index (χ2n) is 5.64. The molecule has 0 heterocycles. The summed E-state index contributed by atoms with van der Waals surface area (Å²) in [6, 6.07) is 21.2. The number of carbonyl (C=O) groups is 1. The van der Waals surface area contributed by atoms with Gasteiger partial charge in [-0.15, -0.1) is 11.8 Å². The van der Waals surface area contributed by atoms with Crippen LogP contribution < -0.4 is 5.32 Å². The van der Waals surface area contributed by atoms with Crippen LogP contribution in [0.25, 0.3) is 10.8 Å². The molecule has 24 heavy (non-hydrogen) atoms. The lowest BCUT2D eigenvalue weighted by Crippen LogP contribution is -2.28. The molecule has 0 bridgehead atoms. The quantitative estimate of drug-likeness (QED) is 0.673. The highest BCUT2D eigenvalue weighted by Gasteiger charge is 2.12. The first kappa shape index (κ1) is 16.4. The molecule has 0 aliphatic heterocycles. The lowest BCUT2D eigenvalue weighted by Gasteiger charge is -2.16. The van der Waals surface area contributed by atoms with Crippen LogP contribution in [-0.4, -0.2) is 16.8 Å². The van der Waals surface area contributed by atoms with E-state index in [0.29, 0.717) is 5.75 Å². The van der Waals surface area contributed by atoms with Crippen LogP contribution in [0, 0.1) is 0 Å². The summed E-state index contributed by atoms with van der Waals surface area (Å²) in [4.78, 5) is 13.2. The Morgan fingerprint density at radius 3 is 2.54 bits per heavy atom. The van der Waals surface area contributed by atoms with E-state index in [1.165, 1.54) is 22.5 Å². The van der Waals surface area contributed by atoms with E-state index in [2.05, 4.69) is 29.6 Å². The van der Waals surface area contributed by atoms with Crippen molar-refractivity contribution in [3.8, 4) is 5.75 Å². The Morgan fingerprint density at radius 2 is 1.75 bits per heavy atom. The van der Waals surface area contributed by atoms with Crippen LogP contribution in [0.1, 0.15) is 18.5 Å². The molecule has 0 aliphatic rings. The molecule has 2 N–H and O–H groups in total. The van der Waals surface area contributed by atoms with Gasteiger partial charge in [0.2, 0.25) is 5.91 Å². The fourth-order valence-corrected chi connectivity index (χ4v) is 3.39. The van der Waals surface area contributed by atoms with E-state index in [-0.39, 0.29) is 17.7 Å². The standard InChI is InChI=1S/C20H19NO2S/c1-14(18-8-4-6-15-5-2-3-7-19(15)18)21-20(23)13-24-17-11-9-16(22)10-12-17/h2-12,14,22H,13H2,1H3,(H,21,23). The van der Waals surface area contributed by atoms with Crippen molar-refractivity contribution in [2.45, 2.75) is 17.9 Å². The molecule has 0 aromatic heterocycles. The van der Waals surface area contributed by atoms with Crippen LogP contribution in [0.3, 0.4) is 0 Å². The molecule has 4 heteroatoms. The molecule has 1 atom stereocenters. The number of aromatic hydroxyl groups is 1. The summed E-state index contributed by atoms with van der Waals surface area (Å²) in [7, 11) is 0. The first-order chi connectivity index (χ1) is 11.6. The van der Waals surface area contributed by atoms with E-state index >= 15 is 0 Å². The predicted octanol–water partition coefficient (Wildman–Crippen LogP) is 4.51. The zero-order valence-electron chi connectivity index (χ0n) is 13.4. The molecule has 0 saturated carbocycles. The van der Waals surface area contributed by atoms with Gasteiger partial charge >= 0.3 is 0 Å². The molecule has 0 fully saturated rings. The second kappa shape index (κ2) is 7.41. The zero-order valence-corrected chi connectivity index (χ0v) is 14.2. The molecule has 0 radical (unpaired) electrons. The maximum atomic E-state index is 12.2. The number of phenolic OH excluding ortho intramolecular Hbond substituents is 1. The van der Waals surface area contributed by atoms with Gasteiger partial charge < -0.3 is 10.4 Å². The number of hydrogen-bond donors (Lipinski definition) is 2. The largest absolute Gasteiger partial charge is 0.508 e. The van der Waals surface area contributed by atoms with Crippen LogP contribution >= 0.6 is 11.8 Å². The van der Waals surface area contributed by atoms with Crippen molar-refractivity contribution in [1.29, 1.82) is 0 Å². The highest BCUT2D eigenvalue weighted by molar-refractivity contribution is 8.00. The second-order valence-corrected chi connectivity index (χ2v) is 6.69. The normalized spacial score (nSPS) is 12.0. The van der Waals surface area contributed by atoms with Crippen molar-refractivity contribution >= 4 is 28.4 Å². The molecule has 3 rings (SSSR count). The fraction of sp³-hybridized carbons (Fsp3) is 0.150. The van der Waals surface area contributed by atoms with Gasteiger partial charge in [-0.25, -0.2) is 0 Å². The Kier molecular flexibility index (Phi) is 5.06. The smallest absolute Gasteiger partial charge is 0.230 e. The summed E-state index contributed by atoms with van der Waals surface area (Å²) in [6.07, 6.45) is 0. The van der Waals surface area contributed by atoms with E-state index in [1.54, 1.807) is 24.3 Å². The van der Waals surface area contributed by atoms with E-state index in [9.17, 15) is 9.90 Å². The molecule has 3 aromatic rings. The average molecular weight is 337 g/mol. The van der Waals surface area contributed by atoms with Crippen molar-refractivity contribution in [2.24, 2.45) is 0 Å². The number of carbonyl (C=O) groups excluding carboxylic acids is 1. The van der Waals surface area contributed by atoms with Gasteiger partial charge in [0, 0.05) is 4.90 Å². The van der Waals surface area contributed by atoms with Gasteiger partial charge in [0.15, 0.2) is 0 Å². The third-order valence-electron chi connectivity index (χ3n) is 3.87. The Morgan fingerprint density at radius 1 is 1.04 bits per heavy atom. The topological polar surface area (TPSA) is 49.3 Å². The van der Waals surface area contributed by atoms with Gasteiger partial charge in [-0.1, -0.05) is 42.5 Å². The molecular weight excluding hydrogens is 318 g/mol. The summed E-state index contributed by atoms with van der Waals surface area (Å²) in [5.74, 6) is 0.571. The molecule has 0 spiro atoms. The minimum atomic E-state index is -0.0518. The first-order valence-corrected chi connectivity index (χ1v) is 8.81. The lowest BCUT2D eigenvalue weighted by atomic mass is 10.00.